The first-order valence-corrected chi connectivity index (χ1v) is 14.3. The Balaban J connectivity index is 1.28. The van der Waals surface area contributed by atoms with Crippen LogP contribution in [0.15, 0.2) is 37.2 Å². The average Bonchev–Trinajstić information content (AvgIpc) is 3.56. The third-order valence-corrected chi connectivity index (χ3v) is 10.6. The van der Waals surface area contributed by atoms with Crippen molar-refractivity contribution in [3.8, 4) is 11.3 Å². The predicted molar refractivity (Wildman–Crippen MR) is 149 cm³/mol. The third kappa shape index (κ3) is 3.53. The van der Waals surface area contributed by atoms with Crippen molar-refractivity contribution in [2.45, 2.75) is 56.5 Å². The Kier molecular flexibility index (Phi) is 5.55. The van der Waals surface area contributed by atoms with Crippen LogP contribution in [0.4, 0.5) is 0 Å². The number of hydrazine groups is 1. The van der Waals surface area contributed by atoms with E-state index in [-0.39, 0.29) is 22.6 Å². The molecule has 2 saturated carbocycles. The van der Waals surface area contributed by atoms with E-state index in [1.54, 1.807) is 0 Å². The Morgan fingerprint density at radius 2 is 2.08 bits per heavy atom. The number of nitrogens with one attached hydrogen (secondary N) is 2. The Hall–Kier alpha value is -2.68. The summed E-state index contributed by atoms with van der Waals surface area (Å²) < 4.78 is 4.33. The number of imidazole rings is 1. The first-order valence-electron chi connectivity index (χ1n) is 13.8. The Bertz CT molecular complexity index is 1430. The fraction of sp³-hybridized carbons (Fsp3) is 0.552. The van der Waals surface area contributed by atoms with Crippen molar-refractivity contribution in [1.29, 1.82) is 0 Å². The molecule has 5 unspecified atom stereocenters. The van der Waals surface area contributed by atoms with Crippen LogP contribution in [0, 0.1) is 24.2 Å². The summed E-state index contributed by atoms with van der Waals surface area (Å²) in [4.78, 5) is 18.5. The third-order valence-electron chi connectivity index (χ3n) is 9.87. The summed E-state index contributed by atoms with van der Waals surface area (Å²) in [7, 11) is 2.03. The molecule has 1 aromatic carbocycles. The van der Waals surface area contributed by atoms with Crippen molar-refractivity contribution in [3.63, 3.8) is 0 Å². The molecule has 2 saturated heterocycles. The summed E-state index contributed by atoms with van der Waals surface area (Å²) in [5.74, 6) is 1.06. The van der Waals surface area contributed by atoms with Gasteiger partial charge in [-0.3, -0.25) is 20.3 Å². The average molecular weight is 534 g/mol. The zero-order valence-electron chi connectivity index (χ0n) is 22.3. The molecule has 8 nitrogen and oxygen atoms in total. The van der Waals surface area contributed by atoms with Gasteiger partial charge in [-0.25, -0.2) is 4.98 Å². The molecule has 7 rings (SSSR count). The zero-order chi connectivity index (χ0) is 26.3. The second-order valence-electron chi connectivity index (χ2n) is 12.3. The van der Waals surface area contributed by atoms with Gasteiger partial charge < -0.3 is 9.47 Å². The second kappa shape index (κ2) is 8.66. The molecule has 4 fully saturated rings. The molecule has 2 aliphatic carbocycles. The van der Waals surface area contributed by atoms with Gasteiger partial charge in [-0.1, -0.05) is 19.6 Å². The van der Waals surface area contributed by atoms with Gasteiger partial charge in [0.25, 0.3) is 0 Å². The minimum atomic E-state index is 0.0386. The standard InChI is InChI=1S/C29H36ClN7O/c1-5-24(38)36-13-29(14-36)10-19(11-29)37-17(3)25(26-20-12-32-33-21(20)8-16(2)27(26)30)28(34-37)18-6-7-23-22(9-18)31-15-35(23)4/h5-7,9,15-16,19-21,26-27,32-33H,1,8,10-14H2,2-4H3. The maximum atomic E-state index is 12.0. The highest BCUT2D eigenvalue weighted by atomic mass is 35.5. The molecule has 2 N–H and O–H groups in total. The van der Waals surface area contributed by atoms with E-state index in [4.69, 9.17) is 16.7 Å². The summed E-state index contributed by atoms with van der Waals surface area (Å²) in [5, 5.41) is 5.39. The minimum Gasteiger partial charge on any atom is -0.338 e. The van der Waals surface area contributed by atoms with Crippen molar-refractivity contribution < 1.29 is 4.79 Å². The molecule has 9 heteroatoms. The molecule has 3 aromatic rings. The highest BCUT2D eigenvalue weighted by molar-refractivity contribution is 6.21. The number of rotatable bonds is 4. The largest absolute Gasteiger partial charge is 0.338 e. The first-order chi connectivity index (χ1) is 18.3. The highest BCUT2D eigenvalue weighted by Gasteiger charge is 2.55. The molecule has 2 aliphatic heterocycles. The number of likely N-dealkylation sites (tertiary alicyclic amines) is 1. The maximum Gasteiger partial charge on any atom is 0.245 e. The molecule has 4 heterocycles. The minimum absolute atomic E-state index is 0.0386. The number of carbonyl (C=O) groups excluding carboxylic acids is 1. The lowest BCUT2D eigenvalue weighted by Crippen LogP contribution is -2.63. The number of aryl methyl sites for hydroxylation is 1. The van der Waals surface area contributed by atoms with Gasteiger partial charge in [-0.15, -0.1) is 11.6 Å². The Morgan fingerprint density at radius 1 is 1.29 bits per heavy atom. The zero-order valence-corrected chi connectivity index (χ0v) is 23.1. The van der Waals surface area contributed by atoms with Gasteiger partial charge in [0.1, 0.15) is 0 Å². The number of alkyl halides is 1. The van der Waals surface area contributed by atoms with Gasteiger partial charge in [-0.2, -0.15) is 5.10 Å². The fourth-order valence-corrected chi connectivity index (χ4v) is 8.28. The monoisotopic (exact) mass is 533 g/mol. The van der Waals surface area contributed by atoms with Crippen LogP contribution < -0.4 is 10.9 Å². The number of aromatic nitrogens is 4. The molecular weight excluding hydrogens is 498 g/mol. The van der Waals surface area contributed by atoms with Gasteiger partial charge in [0.15, 0.2) is 0 Å². The number of benzene rings is 1. The van der Waals surface area contributed by atoms with Crippen LogP contribution in [0.5, 0.6) is 0 Å². The van der Waals surface area contributed by atoms with Gasteiger partial charge in [-0.05, 0) is 56.2 Å². The van der Waals surface area contributed by atoms with Crippen molar-refractivity contribution in [1.82, 2.24) is 35.1 Å². The van der Waals surface area contributed by atoms with Crippen LogP contribution in [-0.4, -0.2) is 61.2 Å². The highest BCUT2D eigenvalue weighted by Crippen LogP contribution is 2.56. The number of halogens is 1. The lowest BCUT2D eigenvalue weighted by Gasteiger charge is -2.58. The molecular formula is C29H36ClN7O. The van der Waals surface area contributed by atoms with Gasteiger partial charge in [0.2, 0.25) is 5.91 Å². The van der Waals surface area contributed by atoms with Crippen molar-refractivity contribution in [3.05, 3.63) is 48.4 Å². The van der Waals surface area contributed by atoms with E-state index in [0.717, 1.165) is 61.2 Å². The Morgan fingerprint density at radius 3 is 2.84 bits per heavy atom. The number of fused-ring (bicyclic) bond motifs is 2. The topological polar surface area (TPSA) is 80.0 Å². The van der Waals surface area contributed by atoms with Gasteiger partial charge >= 0.3 is 0 Å². The molecule has 200 valence electrons. The molecule has 38 heavy (non-hydrogen) atoms. The van der Waals surface area contributed by atoms with E-state index < -0.39 is 0 Å². The van der Waals surface area contributed by atoms with Crippen LogP contribution in [0.3, 0.4) is 0 Å². The summed E-state index contributed by atoms with van der Waals surface area (Å²) in [6.07, 6.45) is 6.47. The van der Waals surface area contributed by atoms with E-state index in [0.29, 0.717) is 23.9 Å². The molecule has 0 radical (unpaired) electrons. The quantitative estimate of drug-likeness (QED) is 0.392. The summed E-state index contributed by atoms with van der Waals surface area (Å²) in [5.41, 5.74) is 13.9. The van der Waals surface area contributed by atoms with Crippen LogP contribution in [0.2, 0.25) is 0 Å². The number of carbonyl (C=O) groups is 1. The normalized spacial score (nSPS) is 30.3. The smallest absolute Gasteiger partial charge is 0.245 e. The molecule has 4 aliphatic rings. The number of hydrogen-bond acceptors (Lipinski definition) is 5. The van der Waals surface area contributed by atoms with Gasteiger partial charge in [0.05, 0.1) is 29.1 Å². The van der Waals surface area contributed by atoms with Crippen LogP contribution in [-0.2, 0) is 11.8 Å². The van der Waals surface area contributed by atoms with Crippen LogP contribution in [0.25, 0.3) is 22.3 Å². The van der Waals surface area contributed by atoms with Gasteiger partial charge in [0, 0.05) is 66.3 Å². The fourth-order valence-electron chi connectivity index (χ4n) is 7.86. The van der Waals surface area contributed by atoms with E-state index in [1.165, 1.54) is 17.3 Å². The van der Waals surface area contributed by atoms with Crippen molar-refractivity contribution >= 4 is 28.5 Å². The van der Waals surface area contributed by atoms with E-state index in [2.05, 4.69) is 63.7 Å². The number of nitrogens with zero attached hydrogens (tertiary/aromatic N) is 5. The van der Waals surface area contributed by atoms with Crippen LogP contribution >= 0.6 is 11.6 Å². The molecule has 5 atom stereocenters. The van der Waals surface area contributed by atoms with Crippen molar-refractivity contribution in [2.24, 2.45) is 24.3 Å². The number of amides is 1. The molecule has 2 aromatic heterocycles. The lowest BCUT2D eigenvalue weighted by atomic mass is 9.60. The predicted octanol–water partition coefficient (Wildman–Crippen LogP) is 3.92. The summed E-state index contributed by atoms with van der Waals surface area (Å²) >= 11 is 7.28. The molecule has 1 spiro atoms. The maximum absolute atomic E-state index is 12.0. The molecule has 1 amide bonds. The van der Waals surface area contributed by atoms with Crippen LogP contribution in [0.1, 0.15) is 49.4 Å². The lowest BCUT2D eigenvalue weighted by molar-refractivity contribution is -0.149. The Labute approximate surface area is 228 Å². The first kappa shape index (κ1) is 24.4. The van der Waals surface area contributed by atoms with E-state index in [1.807, 2.05) is 18.3 Å². The SMILES string of the molecule is C=CC(=O)N1CC2(CC(n3nc(-c4ccc5c(c4)ncn5C)c(C4C(Cl)C(C)CC5NNCC54)c3C)C2)C1. The van der Waals surface area contributed by atoms with Crippen molar-refractivity contribution in [2.75, 3.05) is 19.6 Å². The molecule has 0 bridgehead atoms. The van der Waals surface area contributed by atoms with E-state index in [9.17, 15) is 4.79 Å². The number of hydrogen-bond donors (Lipinski definition) is 2. The van der Waals surface area contributed by atoms with E-state index >= 15 is 0 Å². The summed E-state index contributed by atoms with van der Waals surface area (Å²) in [6.45, 7) is 10.7. The summed E-state index contributed by atoms with van der Waals surface area (Å²) in [6, 6.07) is 7.26. The second-order valence-corrected chi connectivity index (χ2v) is 12.8.